The van der Waals surface area contributed by atoms with E-state index in [2.05, 4.69) is 17.1 Å². The van der Waals surface area contributed by atoms with Crippen LogP contribution in [0.25, 0.3) is 0 Å². The van der Waals surface area contributed by atoms with E-state index in [1.165, 1.54) is 18.4 Å². The predicted octanol–water partition coefficient (Wildman–Crippen LogP) is 2.57. The van der Waals surface area contributed by atoms with Crippen molar-refractivity contribution in [2.75, 3.05) is 26.2 Å². The van der Waals surface area contributed by atoms with Gasteiger partial charge in [0.05, 0.1) is 0 Å². The van der Waals surface area contributed by atoms with E-state index in [4.69, 9.17) is 0 Å². The molecule has 3 heteroatoms. The van der Waals surface area contributed by atoms with E-state index in [-0.39, 0.29) is 5.82 Å². The first-order valence-corrected chi connectivity index (χ1v) is 6.47. The lowest BCUT2D eigenvalue weighted by molar-refractivity contribution is 0.195. The summed E-state index contributed by atoms with van der Waals surface area (Å²) in [5.41, 5.74) is 1.21. The first-order chi connectivity index (χ1) is 8.27. The van der Waals surface area contributed by atoms with Crippen LogP contribution in [0.2, 0.25) is 0 Å². The van der Waals surface area contributed by atoms with E-state index in [9.17, 15) is 4.39 Å². The van der Waals surface area contributed by atoms with E-state index in [1.807, 2.05) is 12.1 Å². The summed E-state index contributed by atoms with van der Waals surface area (Å²) in [6.45, 7) is 6.65. The van der Waals surface area contributed by atoms with Crippen molar-refractivity contribution in [2.45, 2.75) is 25.8 Å². The van der Waals surface area contributed by atoms with Crippen molar-refractivity contribution in [3.63, 3.8) is 0 Å². The smallest absolute Gasteiger partial charge is 0.123 e. The zero-order valence-corrected chi connectivity index (χ0v) is 10.5. The van der Waals surface area contributed by atoms with Crippen LogP contribution in [0.1, 0.15) is 31.4 Å². The van der Waals surface area contributed by atoms with Crippen LogP contribution >= 0.6 is 0 Å². The molecule has 1 aliphatic heterocycles. The molecule has 1 aliphatic rings. The fraction of sp³-hybridized carbons (Fsp3) is 0.571. The molecule has 1 aromatic carbocycles. The molecule has 1 unspecified atom stereocenters. The van der Waals surface area contributed by atoms with Crippen LogP contribution in [-0.2, 0) is 0 Å². The van der Waals surface area contributed by atoms with E-state index < -0.39 is 0 Å². The van der Waals surface area contributed by atoms with Gasteiger partial charge in [-0.2, -0.15) is 0 Å². The molecule has 94 valence electrons. The van der Waals surface area contributed by atoms with Gasteiger partial charge in [0.1, 0.15) is 5.82 Å². The zero-order chi connectivity index (χ0) is 12.1. The highest BCUT2D eigenvalue weighted by Crippen LogP contribution is 2.21. The molecule has 1 heterocycles. The van der Waals surface area contributed by atoms with E-state index in [0.717, 1.165) is 26.2 Å². The van der Waals surface area contributed by atoms with Crippen molar-refractivity contribution in [3.05, 3.63) is 35.6 Å². The van der Waals surface area contributed by atoms with Crippen LogP contribution in [-0.4, -0.2) is 31.1 Å². The fourth-order valence-electron chi connectivity index (χ4n) is 2.39. The Morgan fingerprint density at radius 2 is 1.71 bits per heavy atom. The predicted molar refractivity (Wildman–Crippen MR) is 68.5 cm³/mol. The second kappa shape index (κ2) is 6.12. The minimum atomic E-state index is -0.155. The molecule has 0 aliphatic carbocycles. The standard InChI is InChI=1S/C14H21FN2/c1-12(13-4-6-14(15)7-5-13)17-10-2-8-16-9-3-11-17/h4-7,12,16H,2-3,8-11H2,1H3. The van der Waals surface area contributed by atoms with Crippen LogP contribution in [0.15, 0.2) is 24.3 Å². The lowest BCUT2D eigenvalue weighted by atomic mass is 10.1. The third kappa shape index (κ3) is 3.51. The lowest BCUT2D eigenvalue weighted by Gasteiger charge is -2.31. The monoisotopic (exact) mass is 236 g/mol. The lowest BCUT2D eigenvalue weighted by Crippen LogP contribution is -2.35. The molecule has 0 saturated carbocycles. The van der Waals surface area contributed by atoms with Crippen molar-refractivity contribution in [1.29, 1.82) is 0 Å². The molecule has 0 bridgehead atoms. The van der Waals surface area contributed by atoms with Crippen molar-refractivity contribution in [2.24, 2.45) is 0 Å². The maximum atomic E-state index is 12.9. The van der Waals surface area contributed by atoms with E-state index in [0.29, 0.717) is 6.04 Å². The fourth-order valence-corrected chi connectivity index (χ4v) is 2.39. The van der Waals surface area contributed by atoms with Crippen LogP contribution < -0.4 is 5.32 Å². The molecule has 1 atom stereocenters. The maximum absolute atomic E-state index is 12.9. The number of nitrogens with one attached hydrogen (secondary N) is 1. The molecular weight excluding hydrogens is 215 g/mol. The highest BCUT2D eigenvalue weighted by Gasteiger charge is 2.16. The Balaban J connectivity index is 2.01. The molecule has 2 nitrogen and oxygen atoms in total. The molecule has 2 rings (SSSR count). The Morgan fingerprint density at radius 1 is 1.12 bits per heavy atom. The van der Waals surface area contributed by atoms with Gasteiger partial charge in [-0.25, -0.2) is 4.39 Å². The third-order valence-corrected chi connectivity index (χ3v) is 3.50. The highest BCUT2D eigenvalue weighted by molar-refractivity contribution is 5.19. The van der Waals surface area contributed by atoms with Crippen molar-refractivity contribution in [3.8, 4) is 0 Å². The van der Waals surface area contributed by atoms with Gasteiger partial charge in [-0.3, -0.25) is 4.90 Å². The van der Waals surface area contributed by atoms with Gasteiger partial charge in [-0.15, -0.1) is 0 Å². The average molecular weight is 236 g/mol. The molecule has 1 fully saturated rings. The number of nitrogens with zero attached hydrogens (tertiary/aromatic N) is 1. The molecule has 0 radical (unpaired) electrons. The largest absolute Gasteiger partial charge is 0.317 e. The van der Waals surface area contributed by atoms with Gasteiger partial charge in [0.2, 0.25) is 0 Å². The van der Waals surface area contributed by atoms with Gasteiger partial charge in [0.25, 0.3) is 0 Å². The Labute approximate surface area is 103 Å². The molecule has 0 aromatic heterocycles. The van der Waals surface area contributed by atoms with Gasteiger partial charge < -0.3 is 5.32 Å². The van der Waals surface area contributed by atoms with E-state index in [1.54, 1.807) is 12.1 Å². The second-order valence-electron chi connectivity index (χ2n) is 4.72. The zero-order valence-electron chi connectivity index (χ0n) is 10.5. The number of rotatable bonds is 2. The van der Waals surface area contributed by atoms with Crippen molar-refractivity contribution < 1.29 is 4.39 Å². The molecule has 0 amide bonds. The summed E-state index contributed by atoms with van der Waals surface area (Å²) in [6.07, 6.45) is 2.37. The van der Waals surface area contributed by atoms with Crippen LogP contribution in [0.3, 0.4) is 0 Å². The molecule has 0 spiro atoms. The molecular formula is C14H21FN2. The summed E-state index contributed by atoms with van der Waals surface area (Å²) in [4.78, 5) is 2.49. The molecule has 1 N–H and O–H groups in total. The first-order valence-electron chi connectivity index (χ1n) is 6.47. The third-order valence-electron chi connectivity index (χ3n) is 3.50. The summed E-state index contributed by atoms with van der Waals surface area (Å²) in [7, 11) is 0. The number of hydrogen-bond acceptors (Lipinski definition) is 2. The number of hydrogen-bond donors (Lipinski definition) is 1. The maximum Gasteiger partial charge on any atom is 0.123 e. The first kappa shape index (κ1) is 12.5. The summed E-state index contributed by atoms with van der Waals surface area (Å²) in [5.74, 6) is -0.155. The summed E-state index contributed by atoms with van der Waals surface area (Å²) >= 11 is 0. The molecule has 1 saturated heterocycles. The Kier molecular flexibility index (Phi) is 4.51. The normalized spacial score (nSPS) is 20.6. The summed E-state index contributed by atoms with van der Waals surface area (Å²) in [5, 5.41) is 3.42. The number of halogens is 1. The van der Waals surface area contributed by atoms with Crippen molar-refractivity contribution in [1.82, 2.24) is 10.2 Å². The Morgan fingerprint density at radius 3 is 2.29 bits per heavy atom. The Bertz CT molecular complexity index is 329. The van der Waals surface area contributed by atoms with Gasteiger partial charge in [0.15, 0.2) is 0 Å². The Hall–Kier alpha value is -0.930. The van der Waals surface area contributed by atoms with Crippen LogP contribution in [0.5, 0.6) is 0 Å². The van der Waals surface area contributed by atoms with Gasteiger partial charge in [-0.05, 0) is 63.6 Å². The van der Waals surface area contributed by atoms with Gasteiger partial charge in [0, 0.05) is 6.04 Å². The molecule has 1 aromatic rings. The van der Waals surface area contributed by atoms with Gasteiger partial charge >= 0.3 is 0 Å². The summed E-state index contributed by atoms with van der Waals surface area (Å²) in [6, 6.07) is 7.29. The number of benzene rings is 1. The molecule has 17 heavy (non-hydrogen) atoms. The second-order valence-corrected chi connectivity index (χ2v) is 4.72. The summed E-state index contributed by atoms with van der Waals surface area (Å²) < 4.78 is 12.9. The van der Waals surface area contributed by atoms with Gasteiger partial charge in [-0.1, -0.05) is 12.1 Å². The highest BCUT2D eigenvalue weighted by atomic mass is 19.1. The quantitative estimate of drug-likeness (QED) is 0.849. The van der Waals surface area contributed by atoms with Crippen LogP contribution in [0.4, 0.5) is 4.39 Å². The topological polar surface area (TPSA) is 15.3 Å². The van der Waals surface area contributed by atoms with Crippen molar-refractivity contribution >= 4 is 0 Å². The minimum Gasteiger partial charge on any atom is -0.317 e. The minimum absolute atomic E-state index is 0.155. The SMILES string of the molecule is CC(c1ccc(F)cc1)N1CCCNCCC1. The van der Waals surface area contributed by atoms with Crippen LogP contribution in [0, 0.1) is 5.82 Å². The average Bonchev–Trinajstić information content (AvgIpc) is 2.29. The van der Waals surface area contributed by atoms with E-state index >= 15 is 0 Å².